The molecule has 5 nitrogen and oxygen atoms in total. The van der Waals surface area contributed by atoms with Crippen molar-refractivity contribution in [3.63, 3.8) is 0 Å². The Morgan fingerprint density at radius 3 is 2.30 bits per heavy atom. The number of benzene rings is 2. The quantitative estimate of drug-likeness (QED) is 0.802. The molecule has 0 fully saturated rings. The fraction of sp³-hybridized carbons (Fsp3) is 0. The summed E-state index contributed by atoms with van der Waals surface area (Å²) in [6.45, 7) is 0. The van der Waals surface area contributed by atoms with E-state index in [-0.39, 0.29) is 0 Å². The first-order chi connectivity index (χ1) is 11.1. The van der Waals surface area contributed by atoms with Crippen LogP contribution in [0.15, 0.2) is 65.5 Å². The van der Waals surface area contributed by atoms with Crippen molar-refractivity contribution in [3.05, 3.63) is 81.6 Å². The van der Waals surface area contributed by atoms with Crippen LogP contribution in [0, 0.1) is 0 Å². The van der Waals surface area contributed by atoms with E-state index in [0.717, 1.165) is 5.56 Å². The molecule has 1 heterocycles. The molecule has 0 atom stereocenters. The van der Waals surface area contributed by atoms with E-state index in [0.29, 0.717) is 16.4 Å². The van der Waals surface area contributed by atoms with Crippen LogP contribution in [0.25, 0.3) is 16.9 Å². The summed E-state index contributed by atoms with van der Waals surface area (Å²) in [5.41, 5.74) is 0.698. The van der Waals surface area contributed by atoms with Crippen LogP contribution < -0.4 is 5.43 Å². The number of hydrogen-bond acceptors (Lipinski definition) is 3. The second-order valence-corrected chi connectivity index (χ2v) is 5.24. The van der Waals surface area contributed by atoms with Crippen LogP contribution >= 0.6 is 11.6 Å². The van der Waals surface area contributed by atoms with Crippen molar-refractivity contribution in [1.82, 2.24) is 9.78 Å². The van der Waals surface area contributed by atoms with Gasteiger partial charge in [-0.1, -0.05) is 41.9 Å². The maximum absolute atomic E-state index is 12.0. The lowest BCUT2D eigenvalue weighted by atomic mass is 10.1. The van der Waals surface area contributed by atoms with E-state index >= 15 is 0 Å². The van der Waals surface area contributed by atoms with Crippen molar-refractivity contribution < 1.29 is 9.90 Å². The number of hydrogen-bond donors (Lipinski definition) is 1. The lowest BCUT2D eigenvalue weighted by Crippen LogP contribution is -2.22. The lowest BCUT2D eigenvalue weighted by molar-refractivity contribution is 0.0687. The van der Waals surface area contributed by atoms with Crippen molar-refractivity contribution >= 4 is 17.6 Å². The first kappa shape index (κ1) is 15.0. The van der Waals surface area contributed by atoms with Gasteiger partial charge in [0.05, 0.1) is 11.4 Å². The summed E-state index contributed by atoms with van der Waals surface area (Å²) in [6, 6.07) is 17.2. The third-order valence-electron chi connectivity index (χ3n) is 3.27. The van der Waals surface area contributed by atoms with Gasteiger partial charge in [-0.05, 0) is 24.3 Å². The highest BCUT2D eigenvalue weighted by Crippen LogP contribution is 2.21. The predicted octanol–water partition coefficient (Wildman–Crippen LogP) is 3.25. The minimum Gasteiger partial charge on any atom is -0.476 e. The largest absolute Gasteiger partial charge is 0.476 e. The van der Waals surface area contributed by atoms with Gasteiger partial charge in [-0.3, -0.25) is 4.79 Å². The zero-order valence-electron chi connectivity index (χ0n) is 11.8. The molecule has 0 amide bonds. The van der Waals surface area contributed by atoms with E-state index in [1.54, 1.807) is 24.3 Å². The Kier molecular flexibility index (Phi) is 3.95. The summed E-state index contributed by atoms with van der Waals surface area (Å²) >= 11 is 5.89. The number of nitrogens with zero attached hydrogens (tertiary/aromatic N) is 2. The molecule has 0 saturated heterocycles. The molecule has 0 saturated carbocycles. The average molecular weight is 327 g/mol. The fourth-order valence-electron chi connectivity index (χ4n) is 2.20. The molecule has 1 N–H and O–H groups in total. The van der Waals surface area contributed by atoms with Gasteiger partial charge in [-0.15, -0.1) is 0 Å². The van der Waals surface area contributed by atoms with Gasteiger partial charge in [0.1, 0.15) is 0 Å². The highest BCUT2D eigenvalue weighted by atomic mass is 35.5. The van der Waals surface area contributed by atoms with E-state index in [1.807, 2.05) is 30.3 Å². The number of carboxylic acid groups (broad SMARTS) is 1. The Morgan fingerprint density at radius 2 is 1.70 bits per heavy atom. The van der Waals surface area contributed by atoms with Gasteiger partial charge in [-0.2, -0.15) is 5.10 Å². The highest BCUT2D eigenvalue weighted by molar-refractivity contribution is 6.30. The Hall–Kier alpha value is -2.92. The summed E-state index contributed by atoms with van der Waals surface area (Å²) in [4.78, 5) is 23.2. The minimum atomic E-state index is -1.36. The number of aromatic nitrogens is 2. The van der Waals surface area contributed by atoms with Gasteiger partial charge >= 0.3 is 5.97 Å². The van der Waals surface area contributed by atoms with Crippen LogP contribution in [0.3, 0.4) is 0 Å². The molecule has 6 heteroatoms. The first-order valence-corrected chi connectivity index (χ1v) is 7.13. The summed E-state index contributed by atoms with van der Waals surface area (Å²) in [6.07, 6.45) is 0. The SMILES string of the molecule is O=C(O)c1nn(-c2ccc(Cl)cc2)c(-c2ccccc2)cc1=O. The summed E-state index contributed by atoms with van der Waals surface area (Å²) in [7, 11) is 0. The van der Waals surface area contributed by atoms with Gasteiger partial charge in [0.25, 0.3) is 0 Å². The molecule has 0 bridgehead atoms. The van der Waals surface area contributed by atoms with Crippen LogP contribution in [0.4, 0.5) is 0 Å². The van der Waals surface area contributed by atoms with Crippen molar-refractivity contribution in [2.45, 2.75) is 0 Å². The van der Waals surface area contributed by atoms with Crippen molar-refractivity contribution in [2.75, 3.05) is 0 Å². The van der Waals surface area contributed by atoms with Crippen LogP contribution in [0.2, 0.25) is 5.02 Å². The summed E-state index contributed by atoms with van der Waals surface area (Å²) < 4.78 is 1.43. The Labute approximate surface area is 136 Å². The van der Waals surface area contributed by atoms with Gasteiger partial charge in [0.2, 0.25) is 11.1 Å². The normalized spacial score (nSPS) is 10.5. The number of halogens is 1. The second kappa shape index (κ2) is 6.06. The summed E-state index contributed by atoms with van der Waals surface area (Å²) in [5.74, 6) is -1.36. The van der Waals surface area contributed by atoms with E-state index in [1.165, 1.54) is 10.7 Å². The van der Waals surface area contributed by atoms with Crippen molar-refractivity contribution in [3.8, 4) is 16.9 Å². The smallest absolute Gasteiger partial charge is 0.360 e. The van der Waals surface area contributed by atoms with Crippen molar-refractivity contribution in [2.24, 2.45) is 0 Å². The second-order valence-electron chi connectivity index (χ2n) is 4.80. The number of rotatable bonds is 3. The van der Waals surface area contributed by atoms with E-state index < -0.39 is 17.1 Å². The van der Waals surface area contributed by atoms with Crippen molar-refractivity contribution in [1.29, 1.82) is 0 Å². The molecule has 114 valence electrons. The molecule has 0 radical (unpaired) electrons. The molecule has 2 aromatic carbocycles. The highest BCUT2D eigenvalue weighted by Gasteiger charge is 2.16. The molecule has 3 aromatic rings. The Morgan fingerprint density at radius 1 is 1.04 bits per heavy atom. The zero-order valence-corrected chi connectivity index (χ0v) is 12.6. The average Bonchev–Trinajstić information content (AvgIpc) is 2.56. The maximum Gasteiger partial charge on any atom is 0.360 e. The molecule has 0 aliphatic carbocycles. The standard InChI is InChI=1S/C17H11ClN2O3/c18-12-6-8-13(9-7-12)20-14(11-4-2-1-3-5-11)10-15(21)16(19-20)17(22)23/h1-10H,(H,22,23). The third-order valence-corrected chi connectivity index (χ3v) is 3.52. The lowest BCUT2D eigenvalue weighted by Gasteiger charge is -2.13. The predicted molar refractivity (Wildman–Crippen MR) is 87.2 cm³/mol. The molecule has 1 aromatic heterocycles. The van der Waals surface area contributed by atoms with E-state index in [2.05, 4.69) is 5.10 Å². The molecule has 0 unspecified atom stereocenters. The monoisotopic (exact) mass is 326 g/mol. The maximum atomic E-state index is 12.0. The van der Waals surface area contributed by atoms with Crippen LogP contribution in [-0.4, -0.2) is 20.9 Å². The molecule has 0 aliphatic rings. The van der Waals surface area contributed by atoms with Gasteiger partial charge in [0, 0.05) is 16.7 Å². The molecule has 3 rings (SSSR count). The molecular formula is C17H11ClN2O3. The molecule has 23 heavy (non-hydrogen) atoms. The van der Waals surface area contributed by atoms with Crippen LogP contribution in [-0.2, 0) is 0 Å². The molecule has 0 spiro atoms. The summed E-state index contributed by atoms with van der Waals surface area (Å²) in [5, 5.41) is 13.7. The molecule has 0 aliphatic heterocycles. The van der Waals surface area contributed by atoms with Gasteiger partial charge in [-0.25, -0.2) is 9.48 Å². The Bertz CT molecular complexity index is 919. The first-order valence-electron chi connectivity index (χ1n) is 6.75. The van der Waals surface area contributed by atoms with Gasteiger partial charge in [0.15, 0.2) is 0 Å². The van der Waals surface area contributed by atoms with Gasteiger partial charge < -0.3 is 5.11 Å². The van der Waals surface area contributed by atoms with E-state index in [9.17, 15) is 9.59 Å². The van der Waals surface area contributed by atoms with Crippen LogP contribution in [0.5, 0.6) is 0 Å². The topological polar surface area (TPSA) is 72.2 Å². The third kappa shape index (κ3) is 3.00. The number of carbonyl (C=O) groups is 1. The fourth-order valence-corrected chi connectivity index (χ4v) is 2.32. The minimum absolute atomic E-state index is 0.503. The van der Waals surface area contributed by atoms with Crippen LogP contribution in [0.1, 0.15) is 10.5 Å². The number of aromatic carboxylic acids is 1. The zero-order chi connectivity index (χ0) is 16.4. The number of carboxylic acids is 1. The Balaban J connectivity index is 2.30. The van der Waals surface area contributed by atoms with E-state index in [4.69, 9.17) is 16.7 Å². The molecular weight excluding hydrogens is 316 g/mol.